The Balaban J connectivity index is 1.68. The smallest absolute Gasteiger partial charge is 0.264 e. The van der Waals surface area contributed by atoms with Gasteiger partial charge in [-0.3, -0.25) is 4.79 Å². The fourth-order valence-corrected chi connectivity index (χ4v) is 3.87. The lowest BCUT2D eigenvalue weighted by atomic mass is 10.0. The molecule has 0 aliphatic carbocycles. The van der Waals surface area contributed by atoms with Crippen LogP contribution in [0, 0.1) is 12.7 Å². The zero-order valence-electron chi connectivity index (χ0n) is 13.1. The number of benzene rings is 1. The predicted molar refractivity (Wildman–Crippen MR) is 89.4 cm³/mol. The van der Waals surface area contributed by atoms with E-state index in [1.165, 1.54) is 17.4 Å². The molecule has 0 fully saturated rings. The van der Waals surface area contributed by atoms with Gasteiger partial charge in [0, 0.05) is 24.1 Å². The minimum Gasteiger partial charge on any atom is -0.360 e. The molecule has 2 aromatic heterocycles. The highest BCUT2D eigenvalue weighted by molar-refractivity contribution is 7.12. The summed E-state index contributed by atoms with van der Waals surface area (Å²) >= 11 is 1.45. The number of carbonyl (C=O) groups excluding carboxylic acids is 1. The van der Waals surface area contributed by atoms with Crippen LogP contribution < -0.4 is 0 Å². The lowest BCUT2D eigenvalue weighted by Crippen LogP contribution is -2.35. The highest BCUT2D eigenvalue weighted by Gasteiger charge is 2.29. The van der Waals surface area contributed by atoms with Crippen LogP contribution in [0.4, 0.5) is 4.39 Å². The van der Waals surface area contributed by atoms with Gasteiger partial charge in [-0.15, -0.1) is 11.3 Å². The molecule has 0 radical (unpaired) electrons. The fraction of sp³-hybridized carbons (Fsp3) is 0.222. The van der Waals surface area contributed by atoms with Crippen molar-refractivity contribution in [1.82, 2.24) is 10.1 Å². The Labute approximate surface area is 142 Å². The van der Waals surface area contributed by atoms with Gasteiger partial charge in [0.2, 0.25) is 0 Å². The lowest BCUT2D eigenvalue weighted by molar-refractivity contribution is 0.0733. The van der Waals surface area contributed by atoms with Crippen molar-refractivity contribution >= 4 is 17.2 Å². The van der Waals surface area contributed by atoms with Crippen LogP contribution in [0.5, 0.6) is 0 Å². The Hall–Kier alpha value is -2.47. The summed E-state index contributed by atoms with van der Waals surface area (Å²) in [6.07, 6.45) is 0.590. The molecule has 0 bridgehead atoms. The summed E-state index contributed by atoms with van der Waals surface area (Å²) in [4.78, 5) is 15.3. The molecule has 3 aromatic rings. The summed E-state index contributed by atoms with van der Waals surface area (Å²) in [5.74, 6) is 0.403. The van der Waals surface area contributed by atoms with E-state index >= 15 is 0 Å². The van der Waals surface area contributed by atoms with Gasteiger partial charge >= 0.3 is 0 Å². The van der Waals surface area contributed by atoms with E-state index in [-0.39, 0.29) is 11.7 Å². The molecule has 3 heterocycles. The van der Waals surface area contributed by atoms with Gasteiger partial charge in [-0.1, -0.05) is 17.3 Å². The Morgan fingerprint density at radius 3 is 2.92 bits per heavy atom. The summed E-state index contributed by atoms with van der Waals surface area (Å²) in [5.41, 5.74) is 2.68. The summed E-state index contributed by atoms with van der Waals surface area (Å²) in [6, 6.07) is 8.42. The summed E-state index contributed by atoms with van der Waals surface area (Å²) in [6.45, 7) is 2.90. The Morgan fingerprint density at radius 2 is 2.17 bits per heavy atom. The number of carbonyl (C=O) groups is 1. The number of aryl methyl sites for hydroxylation is 1. The van der Waals surface area contributed by atoms with Crippen LogP contribution in [0.15, 0.2) is 40.2 Å². The van der Waals surface area contributed by atoms with Crippen molar-refractivity contribution in [2.75, 3.05) is 6.54 Å². The number of hydrogen-bond donors (Lipinski definition) is 0. The first kappa shape index (κ1) is 15.1. The van der Waals surface area contributed by atoms with Crippen molar-refractivity contribution in [3.8, 4) is 11.3 Å². The van der Waals surface area contributed by atoms with Crippen molar-refractivity contribution < 1.29 is 13.7 Å². The third kappa shape index (κ3) is 2.43. The third-order valence-corrected chi connectivity index (χ3v) is 5.30. The Bertz CT molecular complexity index is 915. The molecule has 0 unspecified atom stereocenters. The molecule has 1 aliphatic heterocycles. The maximum atomic E-state index is 14.1. The minimum absolute atomic E-state index is 0.00818. The second kappa shape index (κ2) is 5.87. The van der Waals surface area contributed by atoms with Crippen LogP contribution in [0.1, 0.15) is 26.6 Å². The maximum Gasteiger partial charge on any atom is 0.264 e. The third-order valence-electron chi connectivity index (χ3n) is 4.30. The van der Waals surface area contributed by atoms with Crippen molar-refractivity contribution in [2.24, 2.45) is 0 Å². The Morgan fingerprint density at radius 1 is 1.33 bits per heavy atom. The molecule has 24 heavy (non-hydrogen) atoms. The van der Waals surface area contributed by atoms with E-state index in [1.54, 1.807) is 23.1 Å². The number of halogens is 1. The minimum atomic E-state index is -0.342. The number of fused-ring (bicyclic) bond motifs is 1. The number of aromatic nitrogens is 1. The molecule has 1 aliphatic rings. The standard InChI is InChI=1S/C18H15FN2O2S/c1-11-7-9-24-17(11)18(22)21-8-6-15-13(10-21)16(20-23-15)12-4-2-3-5-14(12)19/h2-5,7,9H,6,8,10H2,1H3. The number of amides is 1. The van der Waals surface area contributed by atoms with E-state index < -0.39 is 0 Å². The van der Waals surface area contributed by atoms with Crippen LogP contribution in [0.3, 0.4) is 0 Å². The zero-order valence-corrected chi connectivity index (χ0v) is 13.9. The Kier molecular flexibility index (Phi) is 3.69. The fourth-order valence-electron chi connectivity index (χ4n) is 2.98. The summed E-state index contributed by atoms with van der Waals surface area (Å²) in [5, 5.41) is 5.97. The predicted octanol–water partition coefficient (Wildman–Crippen LogP) is 4.05. The molecule has 1 amide bonds. The summed E-state index contributed by atoms with van der Waals surface area (Å²) < 4.78 is 19.5. The molecule has 6 heteroatoms. The first-order chi connectivity index (χ1) is 11.6. The van der Waals surface area contributed by atoms with Crippen molar-refractivity contribution in [3.63, 3.8) is 0 Å². The van der Waals surface area contributed by atoms with Crippen molar-refractivity contribution in [3.05, 3.63) is 63.3 Å². The van der Waals surface area contributed by atoms with Gasteiger partial charge < -0.3 is 9.42 Å². The van der Waals surface area contributed by atoms with Gasteiger partial charge in [0.1, 0.15) is 17.3 Å². The normalized spacial score (nSPS) is 13.8. The number of rotatable bonds is 2. The molecule has 0 spiro atoms. The molecule has 0 saturated heterocycles. The highest BCUT2D eigenvalue weighted by atomic mass is 32.1. The van der Waals surface area contributed by atoms with E-state index in [4.69, 9.17) is 4.52 Å². The molecular formula is C18H15FN2O2S. The first-order valence-corrected chi connectivity index (χ1v) is 8.59. The monoisotopic (exact) mass is 342 g/mol. The van der Waals surface area contributed by atoms with Crippen LogP contribution >= 0.6 is 11.3 Å². The molecule has 0 N–H and O–H groups in total. The lowest BCUT2D eigenvalue weighted by Gasteiger charge is -2.26. The molecule has 0 saturated carbocycles. The van der Waals surface area contributed by atoms with E-state index in [9.17, 15) is 9.18 Å². The van der Waals surface area contributed by atoms with E-state index in [2.05, 4.69) is 5.16 Å². The number of nitrogens with zero attached hydrogens (tertiary/aromatic N) is 2. The van der Waals surface area contributed by atoms with Crippen molar-refractivity contribution in [1.29, 1.82) is 0 Å². The number of thiophene rings is 1. The molecule has 1 aromatic carbocycles. The molecule has 4 nitrogen and oxygen atoms in total. The molecule has 122 valence electrons. The quantitative estimate of drug-likeness (QED) is 0.706. The maximum absolute atomic E-state index is 14.1. The van der Waals surface area contributed by atoms with Crippen LogP contribution in [0.25, 0.3) is 11.3 Å². The van der Waals surface area contributed by atoms with Crippen LogP contribution in [-0.4, -0.2) is 22.5 Å². The largest absolute Gasteiger partial charge is 0.360 e. The van der Waals surface area contributed by atoms with Gasteiger partial charge in [0.05, 0.1) is 11.4 Å². The van der Waals surface area contributed by atoms with Gasteiger partial charge in [-0.2, -0.15) is 0 Å². The van der Waals surface area contributed by atoms with Crippen LogP contribution in [-0.2, 0) is 13.0 Å². The highest BCUT2D eigenvalue weighted by Crippen LogP contribution is 2.32. The second-order valence-corrected chi connectivity index (χ2v) is 6.74. The van der Waals surface area contributed by atoms with Gasteiger partial charge in [-0.05, 0) is 36.1 Å². The van der Waals surface area contributed by atoms with Crippen molar-refractivity contribution in [2.45, 2.75) is 19.9 Å². The van der Waals surface area contributed by atoms with E-state index in [1.807, 2.05) is 18.4 Å². The average molecular weight is 342 g/mol. The van der Waals surface area contributed by atoms with E-state index in [0.717, 1.165) is 21.8 Å². The van der Waals surface area contributed by atoms with Gasteiger partial charge in [0.15, 0.2) is 0 Å². The first-order valence-electron chi connectivity index (χ1n) is 7.71. The summed E-state index contributed by atoms with van der Waals surface area (Å²) in [7, 11) is 0. The van der Waals surface area contributed by atoms with Gasteiger partial charge in [0.25, 0.3) is 5.91 Å². The average Bonchev–Trinajstić information content (AvgIpc) is 3.20. The van der Waals surface area contributed by atoms with Crippen LogP contribution in [0.2, 0.25) is 0 Å². The molecule has 0 atom stereocenters. The van der Waals surface area contributed by atoms with Gasteiger partial charge in [-0.25, -0.2) is 4.39 Å². The second-order valence-electron chi connectivity index (χ2n) is 5.82. The molecular weight excluding hydrogens is 327 g/mol. The number of hydrogen-bond acceptors (Lipinski definition) is 4. The zero-order chi connectivity index (χ0) is 16.7. The molecule has 4 rings (SSSR count). The van der Waals surface area contributed by atoms with E-state index in [0.29, 0.717) is 30.8 Å². The SMILES string of the molecule is Cc1ccsc1C(=O)N1CCc2onc(-c3ccccc3F)c2C1. The topological polar surface area (TPSA) is 46.3 Å².